The first-order chi connectivity index (χ1) is 12.7. The number of rotatable bonds is 5. The van der Waals surface area contributed by atoms with Crippen LogP contribution in [0, 0.1) is 0 Å². The molecular weight excluding hydrogens is 326 g/mol. The Morgan fingerprint density at radius 2 is 2.00 bits per heavy atom. The average molecular weight is 349 g/mol. The van der Waals surface area contributed by atoms with Gasteiger partial charge in [0.1, 0.15) is 11.6 Å². The average Bonchev–Trinajstić information content (AvgIpc) is 3.11. The van der Waals surface area contributed by atoms with Crippen molar-refractivity contribution >= 4 is 10.9 Å². The summed E-state index contributed by atoms with van der Waals surface area (Å²) in [5.74, 6) is 1.63. The van der Waals surface area contributed by atoms with Gasteiger partial charge < -0.3 is 9.72 Å². The molecule has 5 heteroatoms. The number of ether oxygens (including phenoxy) is 1. The maximum Gasteiger partial charge on any atom is 0.258 e. The molecule has 0 amide bonds. The Kier molecular flexibility index (Phi) is 4.71. The first kappa shape index (κ1) is 16.8. The Morgan fingerprint density at radius 3 is 2.81 bits per heavy atom. The third kappa shape index (κ3) is 3.35. The predicted molar refractivity (Wildman–Crippen MR) is 102 cm³/mol. The molecule has 1 aromatic heterocycles. The Balaban J connectivity index is 1.56. The van der Waals surface area contributed by atoms with Crippen molar-refractivity contribution < 1.29 is 4.74 Å². The van der Waals surface area contributed by atoms with E-state index in [0.717, 1.165) is 36.5 Å². The standard InChI is InChI=1S/C21H23N3O2/c1-2-26-16-11-9-15(10-12-16)19-8-5-13-24(19)14-20-22-18-7-4-3-6-17(18)21(25)23-20/h3-4,6-7,9-12,19H,2,5,8,13-14H2,1H3,(H,22,23,25)/t19-/m1/s1. The molecule has 134 valence electrons. The molecule has 0 radical (unpaired) electrons. The molecule has 4 rings (SSSR count). The van der Waals surface area contributed by atoms with E-state index < -0.39 is 0 Å². The number of hydrogen-bond donors (Lipinski definition) is 1. The van der Waals surface area contributed by atoms with Gasteiger partial charge >= 0.3 is 0 Å². The van der Waals surface area contributed by atoms with Gasteiger partial charge in [-0.1, -0.05) is 24.3 Å². The van der Waals surface area contributed by atoms with Crippen molar-refractivity contribution in [1.82, 2.24) is 14.9 Å². The number of nitrogens with one attached hydrogen (secondary N) is 1. The van der Waals surface area contributed by atoms with E-state index in [0.29, 0.717) is 24.6 Å². The number of hydrogen-bond acceptors (Lipinski definition) is 4. The lowest BCUT2D eigenvalue weighted by atomic mass is 10.0. The minimum atomic E-state index is -0.0672. The van der Waals surface area contributed by atoms with Crippen LogP contribution in [0.25, 0.3) is 10.9 Å². The van der Waals surface area contributed by atoms with Crippen LogP contribution >= 0.6 is 0 Å². The molecule has 0 unspecified atom stereocenters. The third-order valence-corrected chi connectivity index (χ3v) is 4.95. The summed E-state index contributed by atoms with van der Waals surface area (Å²) in [7, 11) is 0. The SMILES string of the molecule is CCOc1ccc([C@H]2CCCN2Cc2nc3ccccc3c(=O)[nH]2)cc1. The quantitative estimate of drug-likeness (QED) is 0.764. The molecule has 1 atom stereocenters. The van der Waals surface area contributed by atoms with Crippen LogP contribution in [0.5, 0.6) is 5.75 Å². The Bertz CT molecular complexity index is 949. The van der Waals surface area contributed by atoms with Crippen LogP contribution in [-0.2, 0) is 6.54 Å². The van der Waals surface area contributed by atoms with Gasteiger partial charge in [0.25, 0.3) is 5.56 Å². The van der Waals surface area contributed by atoms with Gasteiger partial charge in [-0.25, -0.2) is 4.98 Å². The summed E-state index contributed by atoms with van der Waals surface area (Å²) >= 11 is 0. The molecule has 0 saturated carbocycles. The van der Waals surface area contributed by atoms with Crippen molar-refractivity contribution in [3.63, 3.8) is 0 Å². The highest BCUT2D eigenvalue weighted by Crippen LogP contribution is 2.33. The first-order valence-electron chi connectivity index (χ1n) is 9.19. The summed E-state index contributed by atoms with van der Waals surface area (Å²) in [5.41, 5.74) is 1.97. The fourth-order valence-corrected chi connectivity index (χ4v) is 3.75. The zero-order valence-electron chi connectivity index (χ0n) is 14.9. The van der Waals surface area contributed by atoms with E-state index in [2.05, 4.69) is 27.0 Å². The van der Waals surface area contributed by atoms with E-state index >= 15 is 0 Å². The zero-order chi connectivity index (χ0) is 17.9. The van der Waals surface area contributed by atoms with E-state index in [4.69, 9.17) is 4.74 Å². The number of nitrogens with zero attached hydrogens (tertiary/aromatic N) is 2. The van der Waals surface area contributed by atoms with Crippen molar-refractivity contribution in [2.45, 2.75) is 32.4 Å². The van der Waals surface area contributed by atoms with Crippen molar-refractivity contribution in [2.75, 3.05) is 13.2 Å². The number of fused-ring (bicyclic) bond motifs is 1. The van der Waals surface area contributed by atoms with E-state index in [1.54, 1.807) is 0 Å². The number of para-hydroxylation sites is 1. The first-order valence-corrected chi connectivity index (χ1v) is 9.19. The van der Waals surface area contributed by atoms with E-state index in [9.17, 15) is 4.79 Å². The summed E-state index contributed by atoms with van der Waals surface area (Å²) in [6, 6.07) is 16.2. The van der Waals surface area contributed by atoms with Crippen LogP contribution in [0.2, 0.25) is 0 Å². The summed E-state index contributed by atoms with van der Waals surface area (Å²) in [6.07, 6.45) is 2.27. The fraction of sp³-hybridized carbons (Fsp3) is 0.333. The smallest absolute Gasteiger partial charge is 0.258 e. The molecule has 3 aromatic rings. The normalized spacial score (nSPS) is 17.7. The van der Waals surface area contributed by atoms with Crippen molar-refractivity contribution in [1.29, 1.82) is 0 Å². The molecule has 2 aromatic carbocycles. The van der Waals surface area contributed by atoms with Crippen molar-refractivity contribution in [3.05, 3.63) is 70.3 Å². The molecule has 1 aliphatic heterocycles. The molecule has 5 nitrogen and oxygen atoms in total. The predicted octanol–water partition coefficient (Wildman–Crippen LogP) is 3.66. The molecule has 26 heavy (non-hydrogen) atoms. The summed E-state index contributed by atoms with van der Waals surface area (Å²) in [4.78, 5) is 22.3. The molecule has 1 N–H and O–H groups in total. The van der Waals surface area contributed by atoms with Gasteiger partial charge in [0.15, 0.2) is 0 Å². The summed E-state index contributed by atoms with van der Waals surface area (Å²) < 4.78 is 5.54. The minimum absolute atomic E-state index is 0.0672. The highest BCUT2D eigenvalue weighted by atomic mass is 16.5. The van der Waals surface area contributed by atoms with Crippen LogP contribution in [-0.4, -0.2) is 28.0 Å². The number of H-pyrrole nitrogens is 1. The van der Waals surface area contributed by atoms with Gasteiger partial charge in [0.05, 0.1) is 24.1 Å². The lowest BCUT2D eigenvalue weighted by Crippen LogP contribution is -2.25. The van der Waals surface area contributed by atoms with E-state index in [-0.39, 0.29) is 5.56 Å². The van der Waals surface area contributed by atoms with Gasteiger partial charge in [-0.15, -0.1) is 0 Å². The largest absolute Gasteiger partial charge is 0.494 e. The van der Waals surface area contributed by atoms with Crippen LogP contribution in [0.15, 0.2) is 53.3 Å². The molecule has 1 fully saturated rings. The number of aromatic nitrogens is 2. The Hall–Kier alpha value is -2.66. The lowest BCUT2D eigenvalue weighted by Gasteiger charge is -2.24. The Morgan fingerprint density at radius 1 is 1.19 bits per heavy atom. The number of benzene rings is 2. The number of likely N-dealkylation sites (tertiary alicyclic amines) is 1. The molecule has 2 heterocycles. The van der Waals surface area contributed by atoms with Gasteiger partial charge in [0, 0.05) is 6.04 Å². The molecule has 0 aliphatic carbocycles. The second-order valence-corrected chi connectivity index (χ2v) is 6.66. The second-order valence-electron chi connectivity index (χ2n) is 6.66. The molecular formula is C21H23N3O2. The third-order valence-electron chi connectivity index (χ3n) is 4.95. The highest BCUT2D eigenvalue weighted by Gasteiger charge is 2.26. The van der Waals surface area contributed by atoms with Crippen molar-refractivity contribution in [3.8, 4) is 5.75 Å². The van der Waals surface area contributed by atoms with Crippen LogP contribution in [0.3, 0.4) is 0 Å². The molecule has 1 saturated heterocycles. The molecule has 0 bridgehead atoms. The molecule has 0 spiro atoms. The van der Waals surface area contributed by atoms with Gasteiger partial charge in [-0.3, -0.25) is 9.69 Å². The van der Waals surface area contributed by atoms with E-state index in [1.807, 2.05) is 43.3 Å². The fourth-order valence-electron chi connectivity index (χ4n) is 3.75. The van der Waals surface area contributed by atoms with E-state index in [1.165, 1.54) is 5.56 Å². The maximum atomic E-state index is 12.3. The van der Waals surface area contributed by atoms with Crippen molar-refractivity contribution in [2.24, 2.45) is 0 Å². The number of aromatic amines is 1. The summed E-state index contributed by atoms with van der Waals surface area (Å²) in [6.45, 7) is 4.33. The second kappa shape index (κ2) is 7.30. The van der Waals surface area contributed by atoms with Crippen LogP contribution in [0.4, 0.5) is 0 Å². The van der Waals surface area contributed by atoms with Gasteiger partial charge in [-0.2, -0.15) is 0 Å². The van der Waals surface area contributed by atoms with Gasteiger partial charge in [-0.05, 0) is 56.1 Å². The maximum absolute atomic E-state index is 12.3. The monoisotopic (exact) mass is 349 g/mol. The Labute approximate surface area is 152 Å². The van der Waals surface area contributed by atoms with Crippen LogP contribution in [0.1, 0.15) is 37.2 Å². The molecule has 1 aliphatic rings. The van der Waals surface area contributed by atoms with Gasteiger partial charge in [0.2, 0.25) is 0 Å². The highest BCUT2D eigenvalue weighted by molar-refractivity contribution is 5.77. The zero-order valence-corrected chi connectivity index (χ0v) is 14.9. The topological polar surface area (TPSA) is 58.2 Å². The van der Waals surface area contributed by atoms with Crippen LogP contribution < -0.4 is 10.3 Å². The lowest BCUT2D eigenvalue weighted by molar-refractivity contribution is 0.242. The summed E-state index contributed by atoms with van der Waals surface area (Å²) in [5, 5.41) is 0.640. The minimum Gasteiger partial charge on any atom is -0.494 e.